The number of benzene rings is 1. The van der Waals surface area contributed by atoms with Crippen LogP contribution in [0, 0.1) is 17.2 Å². The lowest BCUT2D eigenvalue weighted by atomic mass is 9.97. The first kappa shape index (κ1) is 13.9. The molecular formula is C14H15F3N2. The van der Waals surface area contributed by atoms with Gasteiger partial charge in [0.2, 0.25) is 0 Å². The molecule has 1 saturated heterocycles. The van der Waals surface area contributed by atoms with Crippen LogP contribution in [0.3, 0.4) is 0 Å². The first-order valence-electron chi connectivity index (χ1n) is 6.28. The van der Waals surface area contributed by atoms with Crippen LogP contribution in [0.15, 0.2) is 24.3 Å². The number of rotatable bonds is 2. The third-order valence-corrected chi connectivity index (χ3v) is 3.49. The molecule has 0 N–H and O–H groups in total. The molecule has 1 aliphatic heterocycles. The summed E-state index contributed by atoms with van der Waals surface area (Å²) in [5.41, 5.74) is -0.247. The fourth-order valence-corrected chi connectivity index (χ4v) is 2.40. The van der Waals surface area contributed by atoms with Crippen LogP contribution in [0.25, 0.3) is 0 Å². The van der Waals surface area contributed by atoms with Gasteiger partial charge in [0.05, 0.1) is 11.6 Å². The van der Waals surface area contributed by atoms with Gasteiger partial charge in [-0.05, 0) is 37.6 Å². The lowest BCUT2D eigenvalue weighted by Gasteiger charge is -2.29. The van der Waals surface area contributed by atoms with E-state index in [1.54, 1.807) is 6.07 Å². The monoisotopic (exact) mass is 268 g/mol. The summed E-state index contributed by atoms with van der Waals surface area (Å²) in [5.74, 6) is 0.0501. The molecule has 0 bridgehead atoms. The Labute approximate surface area is 110 Å². The highest BCUT2D eigenvalue weighted by Crippen LogP contribution is 2.32. The Balaban J connectivity index is 2.07. The Morgan fingerprint density at radius 3 is 2.42 bits per heavy atom. The zero-order chi connectivity index (χ0) is 13.9. The number of likely N-dealkylation sites (tertiary alicyclic amines) is 1. The van der Waals surface area contributed by atoms with Gasteiger partial charge in [-0.3, -0.25) is 4.90 Å². The Morgan fingerprint density at radius 1 is 1.21 bits per heavy atom. The van der Waals surface area contributed by atoms with Gasteiger partial charge in [-0.15, -0.1) is 0 Å². The molecule has 0 spiro atoms. The van der Waals surface area contributed by atoms with Crippen LogP contribution in [0.2, 0.25) is 0 Å². The highest BCUT2D eigenvalue weighted by Gasteiger charge is 2.33. The molecule has 0 radical (unpaired) electrons. The largest absolute Gasteiger partial charge is 0.416 e. The summed E-state index contributed by atoms with van der Waals surface area (Å²) in [6.07, 6.45) is -2.82. The van der Waals surface area contributed by atoms with Crippen molar-refractivity contribution in [3.05, 3.63) is 35.4 Å². The average molecular weight is 268 g/mol. The molecule has 0 atom stereocenters. The number of halogens is 3. The van der Waals surface area contributed by atoms with Crippen molar-refractivity contribution in [2.24, 2.45) is 5.92 Å². The van der Waals surface area contributed by atoms with Gasteiger partial charge < -0.3 is 0 Å². The summed E-state index contributed by atoms with van der Waals surface area (Å²) in [7, 11) is 0. The maximum Gasteiger partial charge on any atom is 0.416 e. The van der Waals surface area contributed by atoms with E-state index >= 15 is 0 Å². The summed E-state index contributed by atoms with van der Waals surface area (Å²) in [5, 5.41) is 8.80. The standard InChI is InChI=1S/C14H15F3N2/c15-14(16,17)13-4-2-1-3-12(13)10-19-7-5-11(9-18)6-8-19/h1-4,11H,5-8,10H2. The molecule has 1 fully saturated rings. The van der Waals surface area contributed by atoms with Crippen molar-refractivity contribution >= 4 is 0 Å². The third-order valence-electron chi connectivity index (χ3n) is 3.49. The summed E-state index contributed by atoms with van der Waals surface area (Å²) >= 11 is 0. The van der Waals surface area contributed by atoms with E-state index in [4.69, 9.17) is 5.26 Å². The highest BCUT2D eigenvalue weighted by atomic mass is 19.4. The normalized spacial score (nSPS) is 18.2. The molecular weight excluding hydrogens is 253 g/mol. The Kier molecular flexibility index (Phi) is 4.11. The van der Waals surface area contributed by atoms with E-state index in [-0.39, 0.29) is 5.92 Å². The number of hydrogen-bond donors (Lipinski definition) is 0. The summed E-state index contributed by atoms with van der Waals surface area (Å²) in [6, 6.07) is 7.91. The number of piperidine rings is 1. The van der Waals surface area contributed by atoms with Crippen LogP contribution in [-0.4, -0.2) is 18.0 Å². The van der Waals surface area contributed by atoms with Crippen LogP contribution in [0.1, 0.15) is 24.0 Å². The van der Waals surface area contributed by atoms with E-state index in [1.807, 2.05) is 4.90 Å². The van der Waals surface area contributed by atoms with Gasteiger partial charge >= 0.3 is 6.18 Å². The maximum absolute atomic E-state index is 12.9. The second kappa shape index (κ2) is 5.62. The van der Waals surface area contributed by atoms with E-state index < -0.39 is 11.7 Å². The summed E-state index contributed by atoms with van der Waals surface area (Å²) in [4.78, 5) is 1.98. The second-order valence-electron chi connectivity index (χ2n) is 4.83. The molecule has 102 valence electrons. The first-order chi connectivity index (χ1) is 9.00. The number of hydrogen-bond acceptors (Lipinski definition) is 2. The van der Waals surface area contributed by atoms with Gasteiger partial charge in [-0.2, -0.15) is 18.4 Å². The molecule has 1 aromatic rings. The molecule has 0 unspecified atom stereocenters. The van der Waals surface area contributed by atoms with Crippen molar-refractivity contribution in [1.82, 2.24) is 4.90 Å². The summed E-state index contributed by atoms with van der Waals surface area (Å²) < 4.78 is 38.6. The number of alkyl halides is 3. The van der Waals surface area contributed by atoms with Crippen LogP contribution < -0.4 is 0 Å². The second-order valence-corrected chi connectivity index (χ2v) is 4.83. The minimum atomic E-state index is -4.30. The molecule has 2 nitrogen and oxygen atoms in total. The van der Waals surface area contributed by atoms with Gasteiger partial charge in [0.1, 0.15) is 0 Å². The van der Waals surface area contributed by atoms with Crippen molar-refractivity contribution < 1.29 is 13.2 Å². The molecule has 0 aromatic heterocycles. The van der Waals surface area contributed by atoms with Crippen LogP contribution >= 0.6 is 0 Å². The fourth-order valence-electron chi connectivity index (χ4n) is 2.40. The van der Waals surface area contributed by atoms with Crippen LogP contribution in [0.4, 0.5) is 13.2 Å². The van der Waals surface area contributed by atoms with Gasteiger partial charge in [-0.1, -0.05) is 18.2 Å². The molecule has 5 heteroatoms. The predicted octanol–water partition coefficient (Wildman–Crippen LogP) is 3.44. The predicted molar refractivity (Wildman–Crippen MR) is 65.1 cm³/mol. The highest BCUT2D eigenvalue weighted by molar-refractivity contribution is 5.29. The fraction of sp³-hybridized carbons (Fsp3) is 0.500. The maximum atomic E-state index is 12.9. The molecule has 1 heterocycles. The van der Waals surface area contributed by atoms with Gasteiger partial charge in [-0.25, -0.2) is 0 Å². The molecule has 19 heavy (non-hydrogen) atoms. The zero-order valence-corrected chi connectivity index (χ0v) is 10.5. The van der Waals surface area contributed by atoms with Gasteiger partial charge in [0.15, 0.2) is 0 Å². The number of nitriles is 1. The van der Waals surface area contributed by atoms with Crippen molar-refractivity contribution in [1.29, 1.82) is 5.26 Å². The first-order valence-corrected chi connectivity index (χ1v) is 6.28. The van der Waals surface area contributed by atoms with Gasteiger partial charge in [0, 0.05) is 12.5 Å². The van der Waals surface area contributed by atoms with Crippen molar-refractivity contribution in [3.8, 4) is 6.07 Å². The topological polar surface area (TPSA) is 27.0 Å². The number of nitrogens with zero attached hydrogens (tertiary/aromatic N) is 2. The minimum Gasteiger partial charge on any atom is -0.299 e. The lowest BCUT2D eigenvalue weighted by Crippen LogP contribution is -2.33. The molecule has 2 rings (SSSR count). The van der Waals surface area contributed by atoms with E-state index in [0.29, 0.717) is 25.2 Å². The smallest absolute Gasteiger partial charge is 0.299 e. The molecule has 1 aromatic carbocycles. The zero-order valence-electron chi connectivity index (χ0n) is 10.5. The van der Waals surface area contributed by atoms with E-state index in [0.717, 1.165) is 18.9 Å². The van der Waals surface area contributed by atoms with Crippen molar-refractivity contribution in [2.45, 2.75) is 25.6 Å². The SMILES string of the molecule is N#CC1CCN(Cc2ccccc2C(F)(F)F)CC1. The Hall–Kier alpha value is -1.54. The quantitative estimate of drug-likeness (QED) is 0.821. The van der Waals surface area contributed by atoms with Crippen molar-refractivity contribution in [2.75, 3.05) is 13.1 Å². The molecule has 1 aliphatic rings. The van der Waals surface area contributed by atoms with E-state index in [2.05, 4.69) is 6.07 Å². The van der Waals surface area contributed by atoms with Crippen molar-refractivity contribution in [3.63, 3.8) is 0 Å². The Morgan fingerprint density at radius 2 is 1.84 bits per heavy atom. The van der Waals surface area contributed by atoms with Gasteiger partial charge in [0.25, 0.3) is 0 Å². The minimum absolute atomic E-state index is 0.0501. The average Bonchev–Trinajstić information content (AvgIpc) is 2.39. The van der Waals surface area contributed by atoms with E-state index in [1.165, 1.54) is 12.1 Å². The third kappa shape index (κ3) is 3.48. The summed E-state index contributed by atoms with van der Waals surface area (Å²) in [6.45, 7) is 1.67. The molecule has 0 amide bonds. The van der Waals surface area contributed by atoms with Crippen LogP contribution in [-0.2, 0) is 12.7 Å². The Bertz CT molecular complexity index is 468. The molecule has 0 saturated carbocycles. The molecule has 0 aliphatic carbocycles. The lowest BCUT2D eigenvalue weighted by molar-refractivity contribution is -0.138. The van der Waals surface area contributed by atoms with Crippen LogP contribution in [0.5, 0.6) is 0 Å². The van der Waals surface area contributed by atoms with E-state index in [9.17, 15) is 13.2 Å².